The van der Waals surface area contributed by atoms with Crippen LogP contribution >= 0.6 is 11.8 Å². The minimum Gasteiger partial charge on any atom is -0.391 e. The number of rotatable bonds is 4. The van der Waals surface area contributed by atoms with Gasteiger partial charge in [0.1, 0.15) is 0 Å². The molecule has 0 radical (unpaired) electrons. The third-order valence-electron chi connectivity index (χ3n) is 4.86. The van der Waals surface area contributed by atoms with Crippen LogP contribution in [0.1, 0.15) is 18.9 Å². The number of benzene rings is 2. The van der Waals surface area contributed by atoms with Gasteiger partial charge < -0.3 is 15.0 Å². The van der Waals surface area contributed by atoms with E-state index in [1.54, 1.807) is 0 Å². The summed E-state index contributed by atoms with van der Waals surface area (Å²) in [7, 11) is 0. The first-order valence-corrected chi connectivity index (χ1v) is 9.90. The zero-order chi connectivity index (χ0) is 18.1. The number of fused-ring (bicyclic) bond motifs is 1. The van der Waals surface area contributed by atoms with Gasteiger partial charge in [0, 0.05) is 45.8 Å². The molecule has 0 amide bonds. The van der Waals surface area contributed by atoms with Crippen molar-refractivity contribution in [3.63, 3.8) is 0 Å². The number of H-pyrrole nitrogens is 1. The van der Waals surface area contributed by atoms with Gasteiger partial charge in [-0.3, -0.25) is 0 Å². The molecule has 3 aromatic rings. The van der Waals surface area contributed by atoms with Crippen molar-refractivity contribution in [2.45, 2.75) is 24.3 Å². The van der Waals surface area contributed by atoms with Crippen molar-refractivity contribution >= 4 is 28.4 Å². The van der Waals surface area contributed by atoms with Crippen molar-refractivity contribution in [1.29, 1.82) is 5.26 Å². The van der Waals surface area contributed by atoms with Crippen LogP contribution in [-0.2, 0) is 0 Å². The third kappa shape index (κ3) is 3.07. The van der Waals surface area contributed by atoms with E-state index in [9.17, 15) is 10.4 Å². The van der Waals surface area contributed by atoms with Crippen molar-refractivity contribution in [3.8, 4) is 17.3 Å². The number of nitrogens with zero attached hydrogens (tertiary/aromatic N) is 2. The summed E-state index contributed by atoms with van der Waals surface area (Å²) in [5.41, 5.74) is 4.92. The number of hydrogen-bond acceptors (Lipinski definition) is 4. The number of aromatic amines is 1. The normalized spacial score (nSPS) is 17.0. The first-order valence-electron chi connectivity index (χ1n) is 8.91. The number of anilines is 1. The van der Waals surface area contributed by atoms with E-state index in [0.717, 1.165) is 46.6 Å². The van der Waals surface area contributed by atoms with Crippen molar-refractivity contribution in [1.82, 2.24) is 4.98 Å². The SMILES string of the molecule is CCSc1ccc(N2CCC(O)C2)c(-c2cc3c(C#N)cccc3[nH]2)c1. The molecule has 1 unspecified atom stereocenters. The molecule has 0 bridgehead atoms. The van der Waals surface area contributed by atoms with Gasteiger partial charge in [0.25, 0.3) is 0 Å². The van der Waals surface area contributed by atoms with E-state index in [1.807, 2.05) is 30.0 Å². The highest BCUT2D eigenvalue weighted by Gasteiger charge is 2.23. The van der Waals surface area contributed by atoms with Crippen LogP contribution in [0.4, 0.5) is 5.69 Å². The van der Waals surface area contributed by atoms with Gasteiger partial charge in [0.15, 0.2) is 0 Å². The average Bonchev–Trinajstić information content (AvgIpc) is 3.27. The van der Waals surface area contributed by atoms with Gasteiger partial charge in [0.05, 0.1) is 17.7 Å². The number of thioether (sulfide) groups is 1. The van der Waals surface area contributed by atoms with Crippen LogP contribution in [0.5, 0.6) is 0 Å². The summed E-state index contributed by atoms with van der Waals surface area (Å²) < 4.78 is 0. The number of nitriles is 1. The predicted octanol–water partition coefficient (Wildman–Crippen LogP) is 4.39. The first kappa shape index (κ1) is 17.0. The van der Waals surface area contributed by atoms with Crippen molar-refractivity contribution in [2.75, 3.05) is 23.7 Å². The summed E-state index contributed by atoms with van der Waals surface area (Å²) in [5, 5.41) is 20.3. The largest absolute Gasteiger partial charge is 0.391 e. The molecule has 1 saturated heterocycles. The molecule has 4 nitrogen and oxygen atoms in total. The molecule has 2 aromatic carbocycles. The number of aliphatic hydroxyl groups is 1. The Labute approximate surface area is 157 Å². The minimum atomic E-state index is -0.263. The maximum absolute atomic E-state index is 9.95. The Morgan fingerprint density at radius 3 is 2.92 bits per heavy atom. The number of nitrogens with one attached hydrogen (secondary N) is 1. The molecule has 4 rings (SSSR count). The zero-order valence-corrected chi connectivity index (χ0v) is 15.5. The second kappa shape index (κ2) is 7.06. The van der Waals surface area contributed by atoms with Crippen molar-refractivity contribution < 1.29 is 5.11 Å². The summed E-state index contributed by atoms with van der Waals surface area (Å²) in [6, 6.07) is 16.6. The lowest BCUT2D eigenvalue weighted by Crippen LogP contribution is -2.21. The van der Waals surface area contributed by atoms with Gasteiger partial charge in [0.2, 0.25) is 0 Å². The highest BCUT2D eigenvalue weighted by atomic mass is 32.2. The molecule has 1 atom stereocenters. The van der Waals surface area contributed by atoms with Gasteiger partial charge in [-0.1, -0.05) is 13.0 Å². The number of β-amino-alcohol motifs (C(OH)–C–C–N with tert-alkyl or cyclic N) is 1. The van der Waals surface area contributed by atoms with E-state index in [1.165, 1.54) is 4.90 Å². The summed E-state index contributed by atoms with van der Waals surface area (Å²) in [4.78, 5) is 6.96. The summed E-state index contributed by atoms with van der Waals surface area (Å²) in [6.07, 6.45) is 0.538. The van der Waals surface area contributed by atoms with Crippen LogP contribution in [0, 0.1) is 11.3 Å². The third-order valence-corrected chi connectivity index (χ3v) is 5.73. The van der Waals surface area contributed by atoms with E-state index in [2.05, 4.69) is 47.1 Å². The molecule has 0 spiro atoms. The van der Waals surface area contributed by atoms with Crippen LogP contribution in [0.2, 0.25) is 0 Å². The molecule has 1 aliphatic rings. The van der Waals surface area contributed by atoms with Crippen LogP contribution in [0.15, 0.2) is 47.4 Å². The lowest BCUT2D eigenvalue weighted by atomic mass is 10.1. The lowest BCUT2D eigenvalue weighted by Gasteiger charge is -2.22. The molecule has 0 saturated carbocycles. The Kier molecular flexibility index (Phi) is 4.62. The Hall–Kier alpha value is -2.42. The molecule has 26 heavy (non-hydrogen) atoms. The Morgan fingerprint density at radius 1 is 1.31 bits per heavy atom. The molecule has 1 aromatic heterocycles. The zero-order valence-electron chi connectivity index (χ0n) is 14.7. The molecule has 132 valence electrons. The monoisotopic (exact) mass is 363 g/mol. The van der Waals surface area contributed by atoms with Gasteiger partial charge in [-0.2, -0.15) is 5.26 Å². The molecular weight excluding hydrogens is 342 g/mol. The fourth-order valence-electron chi connectivity index (χ4n) is 3.62. The molecule has 0 aliphatic carbocycles. The maximum atomic E-state index is 9.95. The molecule has 5 heteroatoms. The summed E-state index contributed by atoms with van der Waals surface area (Å²) >= 11 is 1.82. The lowest BCUT2D eigenvalue weighted by molar-refractivity contribution is 0.198. The van der Waals surface area contributed by atoms with Crippen LogP contribution in [-0.4, -0.2) is 35.0 Å². The van der Waals surface area contributed by atoms with E-state index >= 15 is 0 Å². The summed E-state index contributed by atoms with van der Waals surface area (Å²) in [5.74, 6) is 1.02. The molecule has 2 heterocycles. The van der Waals surface area contributed by atoms with E-state index in [4.69, 9.17) is 0 Å². The smallest absolute Gasteiger partial charge is 0.0998 e. The van der Waals surface area contributed by atoms with Crippen LogP contribution in [0.25, 0.3) is 22.2 Å². The van der Waals surface area contributed by atoms with Gasteiger partial charge in [-0.05, 0) is 48.6 Å². The quantitative estimate of drug-likeness (QED) is 0.675. The maximum Gasteiger partial charge on any atom is 0.0998 e. The number of hydrogen-bond donors (Lipinski definition) is 2. The standard InChI is InChI=1S/C21H21N3OS/c1-2-26-16-6-7-21(24-9-8-15(25)13-24)18(10-16)20-11-17-14(12-22)4-3-5-19(17)23-20/h3-7,10-11,15,23,25H,2,8-9,13H2,1H3. The molecule has 2 N–H and O–H groups in total. The highest BCUT2D eigenvalue weighted by Crippen LogP contribution is 2.37. The highest BCUT2D eigenvalue weighted by molar-refractivity contribution is 7.99. The molecule has 1 fully saturated rings. The van der Waals surface area contributed by atoms with Crippen LogP contribution in [0.3, 0.4) is 0 Å². The van der Waals surface area contributed by atoms with Crippen molar-refractivity contribution in [3.05, 3.63) is 48.0 Å². The summed E-state index contributed by atoms with van der Waals surface area (Å²) in [6.45, 7) is 3.67. The van der Waals surface area contributed by atoms with Gasteiger partial charge in [-0.25, -0.2) is 0 Å². The first-order chi connectivity index (χ1) is 12.7. The van der Waals surface area contributed by atoms with E-state index in [0.29, 0.717) is 12.1 Å². The van der Waals surface area contributed by atoms with E-state index in [-0.39, 0.29) is 6.10 Å². The average molecular weight is 363 g/mol. The minimum absolute atomic E-state index is 0.263. The Balaban J connectivity index is 1.86. The molecule has 1 aliphatic heterocycles. The predicted molar refractivity (Wildman–Crippen MR) is 108 cm³/mol. The second-order valence-electron chi connectivity index (χ2n) is 6.56. The second-order valence-corrected chi connectivity index (χ2v) is 7.90. The fourth-order valence-corrected chi connectivity index (χ4v) is 4.32. The van der Waals surface area contributed by atoms with Gasteiger partial charge >= 0.3 is 0 Å². The Morgan fingerprint density at radius 2 is 2.19 bits per heavy atom. The van der Waals surface area contributed by atoms with Crippen molar-refractivity contribution in [2.24, 2.45) is 0 Å². The Bertz CT molecular complexity index is 989. The van der Waals surface area contributed by atoms with Gasteiger partial charge in [-0.15, -0.1) is 11.8 Å². The topological polar surface area (TPSA) is 63.0 Å². The van der Waals surface area contributed by atoms with E-state index < -0.39 is 0 Å². The number of aromatic nitrogens is 1. The number of aliphatic hydroxyl groups excluding tert-OH is 1. The molecular formula is C21H21N3OS. The van der Waals surface area contributed by atoms with Crippen LogP contribution < -0.4 is 4.90 Å². The fraction of sp³-hybridized carbons (Fsp3) is 0.286.